The molecule has 0 aromatic carbocycles. The SMILES string of the molecule is CC(C)c1nc2c(Cl)cc(Cl)cn2c1C(=O)O. The number of aromatic nitrogens is 2. The van der Waals surface area contributed by atoms with Crippen molar-refractivity contribution in [1.29, 1.82) is 0 Å². The maximum Gasteiger partial charge on any atom is 0.354 e. The molecule has 0 bridgehead atoms. The van der Waals surface area contributed by atoms with Crippen LogP contribution < -0.4 is 0 Å². The second-order valence-electron chi connectivity index (χ2n) is 4.01. The maximum absolute atomic E-state index is 11.3. The van der Waals surface area contributed by atoms with Crippen molar-refractivity contribution in [2.24, 2.45) is 0 Å². The van der Waals surface area contributed by atoms with Gasteiger partial charge in [-0.2, -0.15) is 0 Å². The molecular formula is C11H10Cl2N2O2. The van der Waals surface area contributed by atoms with Gasteiger partial charge in [-0.1, -0.05) is 37.0 Å². The first-order valence-corrected chi connectivity index (χ1v) is 5.77. The van der Waals surface area contributed by atoms with Gasteiger partial charge < -0.3 is 5.11 Å². The van der Waals surface area contributed by atoms with Crippen LogP contribution in [0.3, 0.4) is 0 Å². The van der Waals surface area contributed by atoms with Crippen LogP contribution >= 0.6 is 23.2 Å². The van der Waals surface area contributed by atoms with Crippen molar-refractivity contribution < 1.29 is 9.90 Å². The summed E-state index contributed by atoms with van der Waals surface area (Å²) < 4.78 is 1.42. The van der Waals surface area contributed by atoms with Crippen molar-refractivity contribution in [2.75, 3.05) is 0 Å². The van der Waals surface area contributed by atoms with E-state index in [9.17, 15) is 9.90 Å². The molecule has 0 aliphatic carbocycles. The average molecular weight is 273 g/mol. The fraction of sp³-hybridized carbons (Fsp3) is 0.273. The quantitative estimate of drug-likeness (QED) is 0.911. The van der Waals surface area contributed by atoms with Crippen molar-refractivity contribution in [3.63, 3.8) is 0 Å². The molecule has 1 N–H and O–H groups in total. The van der Waals surface area contributed by atoms with Gasteiger partial charge in [0.1, 0.15) is 0 Å². The minimum atomic E-state index is -1.04. The monoisotopic (exact) mass is 272 g/mol. The van der Waals surface area contributed by atoms with Gasteiger partial charge in [-0.3, -0.25) is 4.40 Å². The first-order chi connectivity index (χ1) is 7.91. The van der Waals surface area contributed by atoms with E-state index in [0.717, 1.165) is 0 Å². The molecule has 0 spiro atoms. The molecule has 0 aliphatic rings. The highest BCUT2D eigenvalue weighted by Crippen LogP contribution is 2.27. The summed E-state index contributed by atoms with van der Waals surface area (Å²) in [6.07, 6.45) is 1.51. The van der Waals surface area contributed by atoms with Gasteiger partial charge in [-0.15, -0.1) is 0 Å². The van der Waals surface area contributed by atoms with E-state index in [0.29, 0.717) is 21.4 Å². The molecule has 90 valence electrons. The highest BCUT2D eigenvalue weighted by atomic mass is 35.5. The molecule has 2 aromatic heterocycles. The molecule has 0 fully saturated rings. The van der Waals surface area contributed by atoms with E-state index in [4.69, 9.17) is 23.2 Å². The third-order valence-corrected chi connectivity index (χ3v) is 2.90. The number of fused-ring (bicyclic) bond motifs is 1. The summed E-state index contributed by atoms with van der Waals surface area (Å²) in [7, 11) is 0. The fourth-order valence-electron chi connectivity index (χ4n) is 1.71. The smallest absolute Gasteiger partial charge is 0.354 e. The van der Waals surface area contributed by atoms with E-state index in [1.165, 1.54) is 10.6 Å². The number of halogens is 2. The van der Waals surface area contributed by atoms with E-state index < -0.39 is 5.97 Å². The molecule has 0 saturated heterocycles. The van der Waals surface area contributed by atoms with Gasteiger partial charge in [-0.25, -0.2) is 9.78 Å². The molecule has 17 heavy (non-hydrogen) atoms. The minimum absolute atomic E-state index is 0.00385. The second kappa shape index (κ2) is 4.20. The molecule has 0 saturated carbocycles. The van der Waals surface area contributed by atoms with Crippen LogP contribution in [0, 0.1) is 0 Å². The fourth-order valence-corrected chi connectivity index (χ4v) is 2.22. The number of carboxylic acid groups (broad SMARTS) is 1. The molecule has 2 rings (SSSR count). The number of imidazole rings is 1. The number of carbonyl (C=O) groups is 1. The highest BCUT2D eigenvalue weighted by molar-refractivity contribution is 6.36. The number of aromatic carboxylic acids is 1. The van der Waals surface area contributed by atoms with Gasteiger partial charge >= 0.3 is 5.97 Å². The van der Waals surface area contributed by atoms with Crippen LogP contribution in [-0.2, 0) is 0 Å². The van der Waals surface area contributed by atoms with Crippen LogP contribution in [0.25, 0.3) is 5.65 Å². The van der Waals surface area contributed by atoms with E-state index >= 15 is 0 Å². The number of hydrogen-bond donors (Lipinski definition) is 1. The second-order valence-corrected chi connectivity index (χ2v) is 4.85. The maximum atomic E-state index is 11.3. The molecule has 0 unspecified atom stereocenters. The van der Waals surface area contributed by atoms with Gasteiger partial charge in [-0.05, 0) is 12.0 Å². The zero-order valence-corrected chi connectivity index (χ0v) is 10.7. The zero-order chi connectivity index (χ0) is 12.7. The summed E-state index contributed by atoms with van der Waals surface area (Å²) in [6.45, 7) is 3.76. The third-order valence-electron chi connectivity index (χ3n) is 2.42. The van der Waals surface area contributed by atoms with Crippen molar-refractivity contribution >= 4 is 34.8 Å². The summed E-state index contributed by atoms with van der Waals surface area (Å²) in [6, 6.07) is 1.54. The first-order valence-electron chi connectivity index (χ1n) is 5.02. The summed E-state index contributed by atoms with van der Waals surface area (Å²) in [5, 5.41) is 9.95. The van der Waals surface area contributed by atoms with Crippen molar-refractivity contribution in [3.8, 4) is 0 Å². The van der Waals surface area contributed by atoms with E-state index in [1.54, 1.807) is 6.07 Å². The Bertz CT molecular complexity index is 605. The summed E-state index contributed by atoms with van der Waals surface area (Å²) in [5.41, 5.74) is 1.03. The lowest BCUT2D eigenvalue weighted by Gasteiger charge is -2.02. The standard InChI is InChI=1S/C11H10Cl2N2O2/c1-5(2)8-9(11(16)17)15-4-6(12)3-7(13)10(15)14-8/h3-5H,1-2H3,(H,16,17). The van der Waals surface area contributed by atoms with Crippen LogP contribution in [-0.4, -0.2) is 20.5 Å². The Morgan fingerprint density at radius 2 is 2.12 bits per heavy atom. The predicted octanol–water partition coefficient (Wildman–Crippen LogP) is 3.46. The molecule has 2 heterocycles. The lowest BCUT2D eigenvalue weighted by atomic mass is 10.1. The van der Waals surface area contributed by atoms with Crippen LogP contribution in [0.15, 0.2) is 12.3 Å². The third kappa shape index (κ3) is 1.98. The first kappa shape index (κ1) is 12.2. The minimum Gasteiger partial charge on any atom is -0.477 e. The number of hydrogen-bond acceptors (Lipinski definition) is 2. The molecular weight excluding hydrogens is 263 g/mol. The zero-order valence-electron chi connectivity index (χ0n) is 9.24. The Morgan fingerprint density at radius 3 is 2.65 bits per heavy atom. The molecule has 0 aliphatic heterocycles. The molecule has 6 heteroatoms. The average Bonchev–Trinajstić information content (AvgIpc) is 2.56. The summed E-state index contributed by atoms with van der Waals surface area (Å²) in [4.78, 5) is 15.5. The normalized spacial score (nSPS) is 11.4. The van der Waals surface area contributed by atoms with Crippen molar-refractivity contribution in [2.45, 2.75) is 19.8 Å². The molecule has 0 amide bonds. The predicted molar refractivity (Wildman–Crippen MR) is 66.3 cm³/mol. The molecule has 0 radical (unpaired) electrons. The molecule has 0 atom stereocenters. The van der Waals surface area contributed by atoms with E-state index in [2.05, 4.69) is 4.98 Å². The Labute approximate surface area is 108 Å². The van der Waals surface area contributed by atoms with E-state index in [1.807, 2.05) is 13.8 Å². The Morgan fingerprint density at radius 1 is 1.47 bits per heavy atom. The summed E-state index contributed by atoms with van der Waals surface area (Å²) >= 11 is 11.9. The number of nitrogens with zero attached hydrogens (tertiary/aromatic N) is 2. The Kier molecular flexibility index (Phi) is 3.02. The van der Waals surface area contributed by atoms with E-state index in [-0.39, 0.29) is 11.6 Å². The van der Waals surface area contributed by atoms with Crippen molar-refractivity contribution in [1.82, 2.24) is 9.38 Å². The largest absolute Gasteiger partial charge is 0.477 e. The number of pyridine rings is 1. The van der Waals surface area contributed by atoms with Gasteiger partial charge in [0.05, 0.1) is 15.7 Å². The van der Waals surface area contributed by atoms with Gasteiger partial charge in [0, 0.05) is 6.20 Å². The summed E-state index contributed by atoms with van der Waals surface area (Å²) in [5.74, 6) is -1.05. The van der Waals surface area contributed by atoms with Gasteiger partial charge in [0.2, 0.25) is 0 Å². The number of rotatable bonds is 2. The molecule has 4 nitrogen and oxygen atoms in total. The molecule has 2 aromatic rings. The van der Waals surface area contributed by atoms with Crippen LogP contribution in [0.5, 0.6) is 0 Å². The Hall–Kier alpha value is -1.26. The lowest BCUT2D eigenvalue weighted by Crippen LogP contribution is -2.06. The van der Waals surface area contributed by atoms with Crippen LogP contribution in [0.2, 0.25) is 10.0 Å². The highest BCUT2D eigenvalue weighted by Gasteiger charge is 2.22. The van der Waals surface area contributed by atoms with Gasteiger partial charge in [0.25, 0.3) is 0 Å². The van der Waals surface area contributed by atoms with Crippen molar-refractivity contribution in [3.05, 3.63) is 33.7 Å². The van der Waals surface area contributed by atoms with Crippen LogP contribution in [0.1, 0.15) is 35.9 Å². The van der Waals surface area contributed by atoms with Gasteiger partial charge in [0.15, 0.2) is 11.3 Å². The Balaban J connectivity index is 2.90. The van der Waals surface area contributed by atoms with Crippen LogP contribution in [0.4, 0.5) is 0 Å². The lowest BCUT2D eigenvalue weighted by molar-refractivity contribution is 0.0687. The topological polar surface area (TPSA) is 54.6 Å². The number of carboxylic acids is 1.